The maximum absolute atomic E-state index is 12.9. The number of hydrogen-bond donors (Lipinski definition) is 3. The molecule has 0 aliphatic heterocycles. The van der Waals surface area contributed by atoms with Gasteiger partial charge in [-0.25, -0.2) is 4.39 Å². The molecule has 0 saturated carbocycles. The molecule has 0 bridgehead atoms. The Kier molecular flexibility index (Phi) is 5.95. The van der Waals surface area contributed by atoms with E-state index in [1.807, 2.05) is 7.05 Å². The summed E-state index contributed by atoms with van der Waals surface area (Å²) in [6, 6.07) is 5.76. The van der Waals surface area contributed by atoms with Gasteiger partial charge in [0.15, 0.2) is 6.54 Å². The Morgan fingerprint density at radius 1 is 1.37 bits per heavy atom. The van der Waals surface area contributed by atoms with Gasteiger partial charge >= 0.3 is 0 Å². The molecule has 0 radical (unpaired) electrons. The van der Waals surface area contributed by atoms with Crippen LogP contribution >= 0.6 is 0 Å². The van der Waals surface area contributed by atoms with Crippen molar-refractivity contribution in [2.24, 2.45) is 0 Å². The van der Waals surface area contributed by atoms with E-state index in [1.54, 1.807) is 6.07 Å². The molecule has 1 aromatic carbocycles. The third kappa shape index (κ3) is 6.52. The molecular weight excluding hydrogens is 249 g/mol. The molecule has 104 valence electrons. The average molecular weight is 268 g/mol. The number of rotatable bonds is 6. The molecule has 6 heteroatoms. The number of anilines is 1. The van der Waals surface area contributed by atoms with E-state index in [9.17, 15) is 14.0 Å². The van der Waals surface area contributed by atoms with Crippen LogP contribution in [-0.2, 0) is 9.59 Å². The normalized spacial score (nSPS) is 11.7. The van der Waals surface area contributed by atoms with Crippen LogP contribution in [0.4, 0.5) is 10.1 Å². The summed E-state index contributed by atoms with van der Waals surface area (Å²) < 4.78 is 12.9. The topological polar surface area (TPSA) is 62.6 Å². The molecule has 0 aliphatic rings. The molecule has 2 amide bonds. The van der Waals surface area contributed by atoms with Crippen LogP contribution in [0.5, 0.6) is 0 Å². The summed E-state index contributed by atoms with van der Waals surface area (Å²) >= 11 is 0. The predicted molar refractivity (Wildman–Crippen MR) is 70.3 cm³/mol. The molecular formula is C13H19FN3O2+. The van der Waals surface area contributed by atoms with E-state index in [4.69, 9.17) is 0 Å². The van der Waals surface area contributed by atoms with Gasteiger partial charge in [0.25, 0.3) is 5.91 Å². The van der Waals surface area contributed by atoms with Crippen molar-refractivity contribution in [3.8, 4) is 0 Å². The van der Waals surface area contributed by atoms with Gasteiger partial charge in [0, 0.05) is 12.6 Å². The number of halogens is 1. The first-order chi connectivity index (χ1) is 8.97. The van der Waals surface area contributed by atoms with Gasteiger partial charge in [-0.1, -0.05) is 6.07 Å². The zero-order valence-electron chi connectivity index (χ0n) is 11.1. The second-order valence-corrected chi connectivity index (χ2v) is 4.43. The summed E-state index contributed by atoms with van der Waals surface area (Å²) in [6.07, 6.45) is 0. The van der Waals surface area contributed by atoms with Gasteiger partial charge in [-0.05, 0) is 18.2 Å². The number of carbonyl (C=O) groups is 2. The number of benzene rings is 1. The standard InChI is InChI=1S/C13H18FN3O2/c1-10(18)15-6-7-17(2)9-13(19)16-12-5-3-4-11(14)8-12/h3-5,8H,6-7,9H2,1-2H3,(H,15,18)(H,16,19)/p+1. The molecule has 0 fully saturated rings. The lowest BCUT2D eigenvalue weighted by Crippen LogP contribution is -3.10. The summed E-state index contributed by atoms with van der Waals surface area (Å²) in [5.74, 6) is -0.660. The van der Waals surface area contributed by atoms with E-state index < -0.39 is 0 Å². The van der Waals surface area contributed by atoms with E-state index in [-0.39, 0.29) is 24.2 Å². The number of likely N-dealkylation sites (N-methyl/N-ethyl adjacent to an activating group) is 1. The molecule has 0 saturated heterocycles. The van der Waals surface area contributed by atoms with Gasteiger partial charge in [0.2, 0.25) is 5.91 Å². The summed E-state index contributed by atoms with van der Waals surface area (Å²) in [5, 5.41) is 5.29. The van der Waals surface area contributed by atoms with Crippen molar-refractivity contribution in [3.05, 3.63) is 30.1 Å². The highest BCUT2D eigenvalue weighted by Gasteiger charge is 2.10. The zero-order valence-corrected chi connectivity index (χ0v) is 11.1. The van der Waals surface area contributed by atoms with E-state index in [0.717, 1.165) is 4.90 Å². The van der Waals surface area contributed by atoms with Gasteiger partial charge in [-0.3, -0.25) is 9.59 Å². The number of nitrogens with one attached hydrogen (secondary N) is 3. The van der Waals surface area contributed by atoms with E-state index >= 15 is 0 Å². The van der Waals surface area contributed by atoms with Crippen LogP contribution in [0.25, 0.3) is 0 Å². The summed E-state index contributed by atoms with van der Waals surface area (Å²) in [7, 11) is 1.85. The van der Waals surface area contributed by atoms with E-state index in [0.29, 0.717) is 18.8 Å². The average Bonchev–Trinajstić information content (AvgIpc) is 2.27. The molecule has 0 aromatic heterocycles. The minimum absolute atomic E-state index is 0.0861. The molecule has 3 N–H and O–H groups in total. The van der Waals surface area contributed by atoms with Gasteiger partial charge in [-0.15, -0.1) is 0 Å². The molecule has 1 unspecified atom stereocenters. The lowest BCUT2D eigenvalue weighted by atomic mass is 10.3. The summed E-state index contributed by atoms with van der Waals surface area (Å²) in [4.78, 5) is 23.3. The monoisotopic (exact) mass is 268 g/mol. The molecule has 1 aromatic rings. The first kappa shape index (κ1) is 15.1. The Hall–Kier alpha value is -1.95. The Morgan fingerprint density at radius 3 is 2.74 bits per heavy atom. The molecule has 5 nitrogen and oxygen atoms in total. The third-order valence-corrected chi connectivity index (χ3v) is 2.50. The Bertz CT molecular complexity index is 451. The van der Waals surface area contributed by atoms with Crippen LogP contribution in [0.1, 0.15) is 6.92 Å². The van der Waals surface area contributed by atoms with Crippen LogP contribution < -0.4 is 15.5 Å². The zero-order chi connectivity index (χ0) is 14.3. The maximum Gasteiger partial charge on any atom is 0.279 e. The van der Waals surface area contributed by atoms with Crippen LogP contribution in [0.3, 0.4) is 0 Å². The fraction of sp³-hybridized carbons (Fsp3) is 0.385. The van der Waals surface area contributed by atoms with Gasteiger partial charge in [0.05, 0.1) is 20.1 Å². The van der Waals surface area contributed by atoms with Gasteiger partial charge in [-0.2, -0.15) is 0 Å². The minimum Gasteiger partial charge on any atom is -0.351 e. The highest BCUT2D eigenvalue weighted by molar-refractivity contribution is 5.91. The largest absolute Gasteiger partial charge is 0.351 e. The van der Waals surface area contributed by atoms with Crippen LogP contribution in [0.15, 0.2) is 24.3 Å². The number of carbonyl (C=O) groups excluding carboxylic acids is 2. The van der Waals surface area contributed by atoms with Crippen molar-refractivity contribution >= 4 is 17.5 Å². The SMILES string of the molecule is CC(=O)NCC[NH+](C)CC(=O)Nc1cccc(F)c1. The van der Waals surface area contributed by atoms with Crippen molar-refractivity contribution in [2.45, 2.75) is 6.92 Å². The highest BCUT2D eigenvalue weighted by Crippen LogP contribution is 2.08. The van der Waals surface area contributed by atoms with Crippen LogP contribution in [0, 0.1) is 5.82 Å². The van der Waals surface area contributed by atoms with Gasteiger partial charge in [0.1, 0.15) is 5.82 Å². The molecule has 0 aliphatic carbocycles. The number of hydrogen-bond acceptors (Lipinski definition) is 2. The van der Waals surface area contributed by atoms with Crippen molar-refractivity contribution in [1.82, 2.24) is 5.32 Å². The Morgan fingerprint density at radius 2 is 2.11 bits per heavy atom. The number of quaternary nitrogens is 1. The van der Waals surface area contributed by atoms with Crippen LogP contribution in [0.2, 0.25) is 0 Å². The second kappa shape index (κ2) is 7.48. The van der Waals surface area contributed by atoms with Crippen LogP contribution in [-0.4, -0.2) is 38.5 Å². The Balaban J connectivity index is 2.32. The summed E-state index contributed by atoms with van der Waals surface area (Å²) in [5.41, 5.74) is 0.444. The summed E-state index contributed by atoms with van der Waals surface area (Å²) in [6.45, 7) is 2.88. The molecule has 0 spiro atoms. The van der Waals surface area contributed by atoms with Crippen molar-refractivity contribution in [3.63, 3.8) is 0 Å². The first-order valence-electron chi connectivity index (χ1n) is 6.08. The van der Waals surface area contributed by atoms with E-state index in [2.05, 4.69) is 10.6 Å². The third-order valence-electron chi connectivity index (χ3n) is 2.50. The lowest BCUT2D eigenvalue weighted by Gasteiger charge is -2.13. The minimum atomic E-state index is -0.385. The molecule has 1 atom stereocenters. The van der Waals surface area contributed by atoms with E-state index in [1.165, 1.54) is 25.1 Å². The quantitative estimate of drug-likeness (QED) is 0.646. The lowest BCUT2D eigenvalue weighted by molar-refractivity contribution is -0.869. The highest BCUT2D eigenvalue weighted by atomic mass is 19.1. The molecule has 19 heavy (non-hydrogen) atoms. The second-order valence-electron chi connectivity index (χ2n) is 4.43. The van der Waals surface area contributed by atoms with Crippen molar-refractivity contribution in [1.29, 1.82) is 0 Å². The Labute approximate surface area is 111 Å². The number of amides is 2. The molecule has 1 rings (SSSR count). The van der Waals surface area contributed by atoms with Crippen molar-refractivity contribution < 1.29 is 18.9 Å². The fourth-order valence-corrected chi connectivity index (χ4v) is 1.59. The van der Waals surface area contributed by atoms with Crippen molar-refractivity contribution in [2.75, 3.05) is 32.0 Å². The van der Waals surface area contributed by atoms with Gasteiger partial charge < -0.3 is 15.5 Å². The molecule has 0 heterocycles. The fourth-order valence-electron chi connectivity index (χ4n) is 1.59. The smallest absolute Gasteiger partial charge is 0.279 e. The first-order valence-corrected chi connectivity index (χ1v) is 6.08. The maximum atomic E-state index is 12.9. The predicted octanol–water partition coefficient (Wildman–Crippen LogP) is -0.585.